The van der Waals surface area contributed by atoms with Crippen LogP contribution in [0.25, 0.3) is 0 Å². The van der Waals surface area contributed by atoms with Crippen molar-refractivity contribution in [3.63, 3.8) is 0 Å². The largest absolute Gasteiger partial charge is 0.494 e. The third-order valence-electron chi connectivity index (χ3n) is 3.47. The molecule has 1 aliphatic rings. The van der Waals surface area contributed by atoms with Gasteiger partial charge in [0, 0.05) is 6.54 Å². The van der Waals surface area contributed by atoms with Gasteiger partial charge in [-0.05, 0) is 37.8 Å². The summed E-state index contributed by atoms with van der Waals surface area (Å²) in [5, 5.41) is 11.8. The van der Waals surface area contributed by atoms with E-state index in [1.807, 2.05) is 30.3 Å². The Hall–Kier alpha value is -2.02. The van der Waals surface area contributed by atoms with Gasteiger partial charge in [0.15, 0.2) is 0 Å². The number of ether oxygens (including phenoxy) is 1. The van der Waals surface area contributed by atoms with E-state index in [2.05, 4.69) is 11.4 Å². The molecule has 1 aromatic carbocycles. The van der Waals surface area contributed by atoms with Crippen LogP contribution in [0.5, 0.6) is 5.75 Å². The Kier molecular flexibility index (Phi) is 4.40. The summed E-state index contributed by atoms with van der Waals surface area (Å²) in [5.74, 6) is 0.710. The maximum atomic E-state index is 11.8. The van der Waals surface area contributed by atoms with Gasteiger partial charge in [0.2, 0.25) is 5.91 Å². The van der Waals surface area contributed by atoms with Crippen LogP contribution in [-0.4, -0.2) is 19.1 Å². The third-order valence-corrected chi connectivity index (χ3v) is 3.47. The zero-order chi connectivity index (χ0) is 13.6. The van der Waals surface area contributed by atoms with Gasteiger partial charge < -0.3 is 10.1 Å². The van der Waals surface area contributed by atoms with E-state index in [1.54, 1.807) is 0 Å². The molecule has 0 saturated heterocycles. The number of nitrogens with one attached hydrogen (secondary N) is 1. The van der Waals surface area contributed by atoms with Crippen molar-refractivity contribution in [2.75, 3.05) is 13.2 Å². The highest BCUT2D eigenvalue weighted by molar-refractivity contribution is 5.86. The van der Waals surface area contributed by atoms with Crippen molar-refractivity contribution in [2.45, 2.75) is 25.7 Å². The van der Waals surface area contributed by atoms with E-state index in [4.69, 9.17) is 10.00 Å². The summed E-state index contributed by atoms with van der Waals surface area (Å²) in [6, 6.07) is 11.7. The summed E-state index contributed by atoms with van der Waals surface area (Å²) in [5.41, 5.74) is -0.750. The average molecular weight is 258 g/mol. The molecule has 0 spiro atoms. The van der Waals surface area contributed by atoms with E-state index in [-0.39, 0.29) is 5.91 Å². The smallest absolute Gasteiger partial charge is 0.240 e. The molecule has 1 N–H and O–H groups in total. The van der Waals surface area contributed by atoms with Gasteiger partial charge in [-0.2, -0.15) is 5.26 Å². The van der Waals surface area contributed by atoms with E-state index < -0.39 is 5.41 Å². The molecule has 19 heavy (non-hydrogen) atoms. The minimum atomic E-state index is -0.750. The maximum absolute atomic E-state index is 11.8. The molecule has 1 aliphatic carbocycles. The molecule has 0 bridgehead atoms. The summed E-state index contributed by atoms with van der Waals surface area (Å²) >= 11 is 0. The van der Waals surface area contributed by atoms with Crippen LogP contribution >= 0.6 is 0 Å². The molecule has 0 heterocycles. The van der Waals surface area contributed by atoms with Crippen LogP contribution < -0.4 is 10.1 Å². The lowest BCUT2D eigenvalue weighted by Crippen LogP contribution is -2.45. The number of para-hydroxylation sites is 1. The maximum Gasteiger partial charge on any atom is 0.240 e. The molecular formula is C15H18N2O2. The van der Waals surface area contributed by atoms with Gasteiger partial charge in [0.25, 0.3) is 0 Å². The van der Waals surface area contributed by atoms with Gasteiger partial charge in [-0.25, -0.2) is 0 Å². The molecule has 0 radical (unpaired) electrons. The molecule has 100 valence electrons. The number of carbonyl (C=O) groups is 1. The standard InChI is InChI=1S/C15H18N2O2/c16-12-15(8-4-9-15)14(18)17-10-5-11-19-13-6-2-1-3-7-13/h1-3,6-7H,4-5,8-11H2,(H,17,18). The Morgan fingerprint density at radius 1 is 1.37 bits per heavy atom. The lowest BCUT2D eigenvalue weighted by atomic mass is 9.69. The molecule has 0 aromatic heterocycles. The van der Waals surface area contributed by atoms with Crippen molar-refractivity contribution in [1.82, 2.24) is 5.32 Å². The van der Waals surface area contributed by atoms with E-state index in [9.17, 15) is 4.79 Å². The number of benzene rings is 1. The molecule has 4 heteroatoms. The van der Waals surface area contributed by atoms with Gasteiger partial charge in [0.1, 0.15) is 11.2 Å². The lowest BCUT2D eigenvalue weighted by Gasteiger charge is -2.33. The Bertz CT molecular complexity index is 461. The third kappa shape index (κ3) is 3.25. The molecule has 0 atom stereocenters. The molecule has 1 amide bonds. The average Bonchev–Trinajstić information content (AvgIpc) is 2.39. The molecule has 0 aliphatic heterocycles. The molecular weight excluding hydrogens is 240 g/mol. The van der Waals surface area contributed by atoms with Crippen LogP contribution in [0, 0.1) is 16.7 Å². The first kappa shape index (κ1) is 13.4. The summed E-state index contributed by atoms with van der Waals surface area (Å²) < 4.78 is 5.52. The zero-order valence-corrected chi connectivity index (χ0v) is 10.9. The van der Waals surface area contributed by atoms with E-state index in [1.165, 1.54) is 0 Å². The molecule has 4 nitrogen and oxygen atoms in total. The van der Waals surface area contributed by atoms with Gasteiger partial charge in [0.05, 0.1) is 12.7 Å². The fourth-order valence-corrected chi connectivity index (χ4v) is 2.07. The quantitative estimate of drug-likeness (QED) is 0.796. The monoisotopic (exact) mass is 258 g/mol. The predicted octanol–water partition coefficient (Wildman–Crippen LogP) is 2.27. The number of hydrogen-bond acceptors (Lipinski definition) is 3. The second kappa shape index (κ2) is 6.24. The Morgan fingerprint density at radius 2 is 2.11 bits per heavy atom. The fraction of sp³-hybridized carbons (Fsp3) is 0.467. The van der Waals surface area contributed by atoms with Crippen LogP contribution in [-0.2, 0) is 4.79 Å². The van der Waals surface area contributed by atoms with Crippen LogP contribution in [0.3, 0.4) is 0 Å². The van der Waals surface area contributed by atoms with Crippen LogP contribution in [0.15, 0.2) is 30.3 Å². The fourth-order valence-electron chi connectivity index (χ4n) is 2.07. The van der Waals surface area contributed by atoms with Crippen LogP contribution in [0.1, 0.15) is 25.7 Å². The highest BCUT2D eigenvalue weighted by Crippen LogP contribution is 2.40. The van der Waals surface area contributed by atoms with Gasteiger partial charge in [-0.1, -0.05) is 18.2 Å². The molecule has 1 fully saturated rings. The number of amides is 1. The van der Waals surface area contributed by atoms with Crippen LogP contribution in [0.4, 0.5) is 0 Å². The number of hydrogen-bond donors (Lipinski definition) is 1. The first-order chi connectivity index (χ1) is 9.27. The SMILES string of the molecule is N#CC1(C(=O)NCCCOc2ccccc2)CCC1. The van der Waals surface area contributed by atoms with Gasteiger partial charge >= 0.3 is 0 Å². The topological polar surface area (TPSA) is 62.1 Å². The minimum absolute atomic E-state index is 0.124. The number of nitriles is 1. The number of rotatable bonds is 6. The van der Waals surface area contributed by atoms with Crippen molar-refractivity contribution in [3.8, 4) is 11.8 Å². The van der Waals surface area contributed by atoms with Crippen molar-refractivity contribution in [1.29, 1.82) is 5.26 Å². The molecule has 1 saturated carbocycles. The first-order valence-corrected chi connectivity index (χ1v) is 6.64. The van der Waals surface area contributed by atoms with Crippen molar-refractivity contribution in [3.05, 3.63) is 30.3 Å². The summed E-state index contributed by atoms with van der Waals surface area (Å²) in [4.78, 5) is 11.8. The second-order valence-electron chi connectivity index (χ2n) is 4.82. The second-order valence-corrected chi connectivity index (χ2v) is 4.82. The van der Waals surface area contributed by atoms with Crippen LogP contribution in [0.2, 0.25) is 0 Å². The van der Waals surface area contributed by atoms with E-state index in [0.29, 0.717) is 26.0 Å². The van der Waals surface area contributed by atoms with Gasteiger partial charge in [-0.15, -0.1) is 0 Å². The first-order valence-electron chi connectivity index (χ1n) is 6.64. The Balaban J connectivity index is 1.62. The predicted molar refractivity (Wildman–Crippen MR) is 71.5 cm³/mol. The summed E-state index contributed by atoms with van der Waals surface area (Å²) in [6.45, 7) is 1.11. The van der Waals surface area contributed by atoms with Crippen molar-refractivity contribution >= 4 is 5.91 Å². The lowest BCUT2D eigenvalue weighted by molar-refractivity contribution is -0.131. The molecule has 2 rings (SSSR count). The number of nitrogens with zero attached hydrogens (tertiary/aromatic N) is 1. The summed E-state index contributed by atoms with van der Waals surface area (Å²) in [6.07, 6.45) is 3.09. The Labute approximate surface area is 113 Å². The normalized spacial score (nSPS) is 15.9. The van der Waals surface area contributed by atoms with Gasteiger partial charge in [-0.3, -0.25) is 4.79 Å². The van der Waals surface area contributed by atoms with E-state index in [0.717, 1.165) is 18.6 Å². The van der Waals surface area contributed by atoms with Crippen molar-refractivity contribution < 1.29 is 9.53 Å². The van der Waals surface area contributed by atoms with Crippen molar-refractivity contribution in [2.24, 2.45) is 5.41 Å². The molecule has 0 unspecified atom stereocenters. The number of carbonyl (C=O) groups excluding carboxylic acids is 1. The molecule has 1 aromatic rings. The summed E-state index contributed by atoms with van der Waals surface area (Å²) in [7, 11) is 0. The Morgan fingerprint density at radius 3 is 2.68 bits per heavy atom. The van der Waals surface area contributed by atoms with E-state index >= 15 is 0 Å². The minimum Gasteiger partial charge on any atom is -0.494 e. The zero-order valence-electron chi connectivity index (χ0n) is 10.9. The highest BCUT2D eigenvalue weighted by Gasteiger charge is 2.44. The highest BCUT2D eigenvalue weighted by atomic mass is 16.5.